The molecule has 0 radical (unpaired) electrons. The van der Waals surface area contributed by atoms with Gasteiger partial charge in [-0.1, -0.05) is 66.7 Å². The Morgan fingerprint density at radius 1 is 0.567 bits per heavy atom. The van der Waals surface area contributed by atoms with E-state index in [1.807, 2.05) is 12.1 Å². The van der Waals surface area contributed by atoms with Gasteiger partial charge < -0.3 is 12.4 Å². The van der Waals surface area contributed by atoms with Crippen molar-refractivity contribution in [3.63, 3.8) is 0 Å². The van der Waals surface area contributed by atoms with Gasteiger partial charge in [-0.15, -0.1) is 0 Å². The number of rotatable bonds is 6. The third kappa shape index (κ3) is 4.47. The van der Waals surface area contributed by atoms with Crippen LogP contribution in [0.1, 0.15) is 11.1 Å². The van der Waals surface area contributed by atoms with Gasteiger partial charge in [-0.2, -0.15) is 5.26 Å². The molecule has 0 fully saturated rings. The Hall–Kier alpha value is -2.91. The Kier molecular flexibility index (Phi) is 7.42. The maximum Gasteiger partial charge on any atom is 0.112 e. The van der Waals surface area contributed by atoms with Crippen molar-refractivity contribution in [2.45, 2.75) is 6.42 Å². The second-order valence-corrected chi connectivity index (χ2v) is 10.7. The summed E-state index contributed by atoms with van der Waals surface area (Å²) in [5.41, 5.74) is 1.99. The lowest BCUT2D eigenvalue weighted by atomic mass is 10.1. The van der Waals surface area contributed by atoms with Crippen molar-refractivity contribution >= 4 is 23.2 Å². The molecule has 0 N–H and O–H groups in total. The van der Waals surface area contributed by atoms with Crippen molar-refractivity contribution in [1.29, 1.82) is 5.26 Å². The molecule has 0 saturated carbocycles. The van der Waals surface area contributed by atoms with Crippen LogP contribution >= 0.6 is 7.26 Å². The van der Waals surface area contributed by atoms with Gasteiger partial charge in [-0.25, -0.2) is 0 Å². The molecule has 0 spiro atoms. The number of nitrogens with zero attached hydrogens (tertiary/aromatic N) is 1. The van der Waals surface area contributed by atoms with Crippen LogP contribution < -0.4 is 28.3 Å². The van der Waals surface area contributed by atoms with E-state index >= 15 is 0 Å². The fourth-order valence-corrected chi connectivity index (χ4v) is 8.23. The molecular weight excluding hydrogens is 405 g/mol. The van der Waals surface area contributed by atoms with Gasteiger partial charge in [0.15, 0.2) is 0 Å². The van der Waals surface area contributed by atoms with Crippen molar-refractivity contribution in [2.75, 3.05) is 6.16 Å². The predicted molar refractivity (Wildman–Crippen MR) is 125 cm³/mol. The molecule has 0 amide bonds. The van der Waals surface area contributed by atoms with Gasteiger partial charge in [0.2, 0.25) is 0 Å². The average Bonchev–Trinajstić information content (AvgIpc) is 2.82. The first-order valence-electron chi connectivity index (χ1n) is 9.87. The average molecular weight is 428 g/mol. The predicted octanol–water partition coefficient (Wildman–Crippen LogP) is 2.10. The molecule has 0 atom stereocenters. The van der Waals surface area contributed by atoms with E-state index in [0.29, 0.717) is 5.56 Å². The minimum atomic E-state index is -1.80. The summed E-state index contributed by atoms with van der Waals surface area (Å²) in [6, 6.07) is 43.1. The molecule has 0 unspecified atom stereocenters. The Balaban J connectivity index is 0.00000256. The number of benzene rings is 4. The molecule has 0 aliphatic heterocycles. The highest BCUT2D eigenvalue weighted by molar-refractivity contribution is 7.95. The molecule has 30 heavy (non-hydrogen) atoms. The molecule has 0 aromatic heterocycles. The Morgan fingerprint density at radius 2 is 0.967 bits per heavy atom. The Bertz CT molecular complexity index is 992. The van der Waals surface area contributed by atoms with Crippen LogP contribution in [-0.4, -0.2) is 6.16 Å². The van der Waals surface area contributed by atoms with Crippen LogP contribution in [0, 0.1) is 11.3 Å². The van der Waals surface area contributed by atoms with Crippen molar-refractivity contribution in [2.24, 2.45) is 0 Å². The van der Waals surface area contributed by atoms with Gasteiger partial charge in [0.1, 0.15) is 23.2 Å². The third-order valence-corrected chi connectivity index (χ3v) is 9.84. The van der Waals surface area contributed by atoms with Crippen LogP contribution in [0.25, 0.3) is 0 Å². The number of nitriles is 1. The minimum absolute atomic E-state index is 0. The van der Waals surface area contributed by atoms with Crippen molar-refractivity contribution in [3.05, 3.63) is 126 Å². The van der Waals surface area contributed by atoms with E-state index in [0.717, 1.165) is 12.6 Å². The van der Waals surface area contributed by atoms with Crippen molar-refractivity contribution < 1.29 is 12.4 Å². The summed E-state index contributed by atoms with van der Waals surface area (Å²) < 4.78 is 0. The first kappa shape index (κ1) is 21.8. The highest BCUT2D eigenvalue weighted by Gasteiger charge is 2.44. The van der Waals surface area contributed by atoms with Crippen LogP contribution in [0.15, 0.2) is 115 Å². The van der Waals surface area contributed by atoms with Gasteiger partial charge in [-0.05, 0) is 54.1 Å². The molecular formula is C27H23ClNP. The highest BCUT2D eigenvalue weighted by Crippen LogP contribution is 2.55. The summed E-state index contributed by atoms with van der Waals surface area (Å²) in [6.45, 7) is 0. The number of halogens is 1. The van der Waals surface area contributed by atoms with Gasteiger partial charge in [0, 0.05) is 6.42 Å². The second-order valence-electron chi connectivity index (χ2n) is 7.10. The van der Waals surface area contributed by atoms with E-state index in [2.05, 4.69) is 109 Å². The lowest BCUT2D eigenvalue weighted by Crippen LogP contribution is -3.00. The normalized spacial score (nSPS) is 10.6. The molecule has 4 aromatic carbocycles. The fourth-order valence-electron chi connectivity index (χ4n) is 3.92. The highest BCUT2D eigenvalue weighted by atomic mass is 35.5. The summed E-state index contributed by atoms with van der Waals surface area (Å²) >= 11 is 0. The quantitative estimate of drug-likeness (QED) is 0.432. The topological polar surface area (TPSA) is 23.8 Å². The zero-order valence-corrected chi connectivity index (χ0v) is 18.3. The monoisotopic (exact) mass is 427 g/mol. The molecule has 148 valence electrons. The van der Waals surface area contributed by atoms with E-state index in [1.165, 1.54) is 21.5 Å². The lowest BCUT2D eigenvalue weighted by molar-refractivity contribution is -0.00000584. The zero-order chi connectivity index (χ0) is 19.9. The molecule has 0 saturated heterocycles. The van der Waals surface area contributed by atoms with Crippen molar-refractivity contribution in [3.8, 4) is 6.07 Å². The number of hydrogen-bond acceptors (Lipinski definition) is 1. The smallest absolute Gasteiger partial charge is 0.112 e. The summed E-state index contributed by atoms with van der Waals surface area (Å²) in [6.07, 6.45) is 2.02. The summed E-state index contributed by atoms with van der Waals surface area (Å²) in [5.74, 6) is 0. The van der Waals surface area contributed by atoms with Crippen molar-refractivity contribution in [1.82, 2.24) is 0 Å². The maximum absolute atomic E-state index is 9.09. The first-order valence-corrected chi connectivity index (χ1v) is 11.8. The van der Waals surface area contributed by atoms with E-state index in [1.54, 1.807) is 0 Å². The first-order chi connectivity index (χ1) is 14.3. The SMILES string of the molecule is N#Cc1ccc(CC[P+](c2ccccc2)(c2ccccc2)c2ccccc2)cc1.[Cl-]. The fraction of sp³-hybridized carbons (Fsp3) is 0.0741. The number of hydrogen-bond donors (Lipinski definition) is 0. The van der Waals surface area contributed by atoms with E-state index in [4.69, 9.17) is 5.26 Å². The third-order valence-electron chi connectivity index (χ3n) is 5.41. The summed E-state index contributed by atoms with van der Waals surface area (Å²) in [4.78, 5) is 0. The molecule has 0 aliphatic carbocycles. The van der Waals surface area contributed by atoms with E-state index in [-0.39, 0.29) is 12.4 Å². The molecule has 1 nitrogen and oxygen atoms in total. The largest absolute Gasteiger partial charge is 1.00 e. The van der Waals surface area contributed by atoms with Gasteiger partial charge >= 0.3 is 0 Å². The minimum Gasteiger partial charge on any atom is -1.00 e. The standard InChI is InChI=1S/C27H23NP.ClH/c28-22-24-18-16-23(17-19-24)20-21-29(25-10-4-1-5-11-25,26-12-6-2-7-13-26)27-14-8-3-9-15-27;/h1-19H,20-21H2;1H/q+1;/p-1. The van der Waals surface area contributed by atoms with Gasteiger partial charge in [0.25, 0.3) is 0 Å². The van der Waals surface area contributed by atoms with Crippen LogP contribution in [0.5, 0.6) is 0 Å². The Morgan fingerprint density at radius 3 is 1.33 bits per heavy atom. The molecule has 0 bridgehead atoms. The van der Waals surface area contributed by atoms with Crippen LogP contribution in [0.2, 0.25) is 0 Å². The number of aryl methyl sites for hydroxylation is 1. The van der Waals surface area contributed by atoms with Crippen LogP contribution in [0.4, 0.5) is 0 Å². The molecule has 4 rings (SSSR count). The molecule has 4 aromatic rings. The van der Waals surface area contributed by atoms with Crippen LogP contribution in [-0.2, 0) is 6.42 Å². The maximum atomic E-state index is 9.09. The van der Waals surface area contributed by atoms with Gasteiger partial charge in [-0.3, -0.25) is 0 Å². The van der Waals surface area contributed by atoms with E-state index < -0.39 is 7.26 Å². The second kappa shape index (κ2) is 10.2. The van der Waals surface area contributed by atoms with E-state index in [9.17, 15) is 0 Å². The Labute approximate surface area is 185 Å². The lowest BCUT2D eigenvalue weighted by Gasteiger charge is -2.27. The summed E-state index contributed by atoms with van der Waals surface area (Å²) in [7, 11) is -1.80. The molecule has 3 heteroatoms. The summed E-state index contributed by atoms with van der Waals surface area (Å²) in [5, 5.41) is 13.3. The van der Waals surface area contributed by atoms with Crippen LogP contribution in [0.3, 0.4) is 0 Å². The molecule has 0 aliphatic rings. The van der Waals surface area contributed by atoms with Gasteiger partial charge in [0.05, 0.1) is 17.8 Å². The zero-order valence-electron chi connectivity index (χ0n) is 16.7. The molecule has 0 heterocycles.